The first kappa shape index (κ1) is 19.0. The summed E-state index contributed by atoms with van der Waals surface area (Å²) in [6, 6.07) is 8.40. The number of hydrogen-bond acceptors (Lipinski definition) is 4. The van der Waals surface area contributed by atoms with E-state index in [9.17, 15) is 18.4 Å². The molecule has 0 spiro atoms. The van der Waals surface area contributed by atoms with Crippen LogP contribution in [0.5, 0.6) is 5.75 Å². The van der Waals surface area contributed by atoms with E-state index in [1.165, 1.54) is 37.4 Å². The summed E-state index contributed by atoms with van der Waals surface area (Å²) in [5.74, 6) is -1.76. The number of methoxy groups -OCH3 is 1. The maximum absolute atomic E-state index is 14.4. The predicted molar refractivity (Wildman–Crippen MR) is 96.5 cm³/mol. The van der Waals surface area contributed by atoms with Gasteiger partial charge in [-0.3, -0.25) is 4.79 Å². The number of nitrogens with zero attached hydrogens (tertiary/aromatic N) is 1. The van der Waals surface area contributed by atoms with E-state index in [4.69, 9.17) is 10.5 Å². The quantitative estimate of drug-likeness (QED) is 0.789. The molecule has 1 aliphatic rings. The molecule has 1 fully saturated rings. The third kappa shape index (κ3) is 3.68. The normalized spacial score (nSPS) is 15.2. The number of ether oxygens (including phenoxy) is 1. The van der Waals surface area contributed by atoms with E-state index in [-0.39, 0.29) is 17.2 Å². The molecule has 2 N–H and O–H groups in total. The molecule has 27 heavy (non-hydrogen) atoms. The number of rotatable bonds is 6. The Labute approximate surface area is 155 Å². The molecule has 0 bridgehead atoms. The second-order valence-corrected chi connectivity index (χ2v) is 6.74. The highest BCUT2D eigenvalue weighted by Gasteiger charge is 2.41. The summed E-state index contributed by atoms with van der Waals surface area (Å²) in [6.45, 7) is 0.751. The molecule has 3 rings (SSSR count). The average Bonchev–Trinajstić information content (AvgIpc) is 2.64. The first-order chi connectivity index (χ1) is 12.9. The first-order valence-corrected chi connectivity index (χ1v) is 8.53. The lowest BCUT2D eigenvalue weighted by molar-refractivity contribution is -0.108. The first-order valence-electron chi connectivity index (χ1n) is 8.53. The van der Waals surface area contributed by atoms with Gasteiger partial charge in [-0.1, -0.05) is 12.1 Å². The zero-order valence-corrected chi connectivity index (χ0v) is 14.9. The molecule has 1 saturated heterocycles. The number of hydrogen-bond donors (Lipinski definition) is 1. The van der Waals surface area contributed by atoms with Gasteiger partial charge in [-0.15, -0.1) is 0 Å². The van der Waals surface area contributed by atoms with Crippen molar-refractivity contribution in [3.8, 4) is 16.9 Å². The van der Waals surface area contributed by atoms with Gasteiger partial charge in [0, 0.05) is 25.1 Å². The summed E-state index contributed by atoms with van der Waals surface area (Å²) in [7, 11) is 1.31. The second kappa shape index (κ2) is 7.44. The van der Waals surface area contributed by atoms with Crippen molar-refractivity contribution >= 4 is 12.2 Å². The topological polar surface area (TPSA) is 72.6 Å². The Bertz CT molecular complexity index is 862. The molecule has 0 radical (unpaired) electrons. The van der Waals surface area contributed by atoms with Gasteiger partial charge in [0.05, 0.1) is 18.2 Å². The Morgan fingerprint density at radius 3 is 2.48 bits per heavy atom. The number of aldehydes is 1. The van der Waals surface area contributed by atoms with Crippen molar-refractivity contribution in [2.75, 3.05) is 20.2 Å². The summed E-state index contributed by atoms with van der Waals surface area (Å²) in [5, 5.41) is 0. The smallest absolute Gasteiger partial charge is 0.253 e. The van der Waals surface area contributed by atoms with E-state index < -0.39 is 17.2 Å². The fourth-order valence-corrected chi connectivity index (χ4v) is 3.28. The predicted octanol–water partition coefficient (Wildman–Crippen LogP) is 2.77. The van der Waals surface area contributed by atoms with Crippen molar-refractivity contribution < 1.29 is 23.1 Å². The Hall–Kier alpha value is -2.80. The van der Waals surface area contributed by atoms with Crippen molar-refractivity contribution in [3.63, 3.8) is 0 Å². The molecule has 0 atom stereocenters. The number of nitrogens with two attached hydrogens (primary N) is 1. The van der Waals surface area contributed by atoms with Gasteiger partial charge >= 0.3 is 0 Å². The standard InChI is InChI=1S/C20H20F2N2O3/c1-27-16-8-7-15(21)17(18(16)22)13-3-5-14(6-4-13)19(26)24-11-20(23,12-24)9-2-10-25/h3-8,10H,2,9,11-12,23H2,1H3. The maximum atomic E-state index is 14.4. The van der Waals surface area contributed by atoms with Crippen molar-refractivity contribution in [1.82, 2.24) is 4.90 Å². The van der Waals surface area contributed by atoms with Gasteiger partial charge in [0.25, 0.3) is 5.91 Å². The minimum Gasteiger partial charge on any atom is -0.494 e. The maximum Gasteiger partial charge on any atom is 0.253 e. The van der Waals surface area contributed by atoms with Crippen LogP contribution in [0.3, 0.4) is 0 Å². The van der Waals surface area contributed by atoms with Crippen LogP contribution in [0.2, 0.25) is 0 Å². The molecule has 0 unspecified atom stereocenters. The Morgan fingerprint density at radius 2 is 1.89 bits per heavy atom. The third-order valence-electron chi connectivity index (χ3n) is 4.75. The molecule has 5 nitrogen and oxygen atoms in total. The number of likely N-dealkylation sites (tertiary alicyclic amines) is 1. The van der Waals surface area contributed by atoms with Crippen LogP contribution in [0.1, 0.15) is 23.2 Å². The molecule has 1 heterocycles. The molecule has 2 aromatic rings. The zero-order valence-electron chi connectivity index (χ0n) is 14.9. The van der Waals surface area contributed by atoms with E-state index >= 15 is 0 Å². The summed E-state index contributed by atoms with van der Waals surface area (Å²) in [6.07, 6.45) is 1.72. The number of halogens is 2. The molecule has 7 heteroatoms. The van der Waals surface area contributed by atoms with Crippen molar-refractivity contribution in [2.45, 2.75) is 18.4 Å². The van der Waals surface area contributed by atoms with Crippen molar-refractivity contribution in [3.05, 3.63) is 53.6 Å². The molecular weight excluding hydrogens is 354 g/mol. The lowest BCUT2D eigenvalue weighted by atomic mass is 9.86. The summed E-state index contributed by atoms with van der Waals surface area (Å²) in [4.78, 5) is 24.6. The molecule has 1 amide bonds. The SMILES string of the molecule is COc1ccc(F)c(-c2ccc(C(=O)N3CC(N)(CCC=O)C3)cc2)c1F. The highest BCUT2D eigenvalue weighted by molar-refractivity contribution is 5.95. The average molecular weight is 374 g/mol. The van der Waals surface area contributed by atoms with E-state index in [0.717, 1.165) is 12.4 Å². The van der Waals surface area contributed by atoms with Crippen LogP contribution in [0.25, 0.3) is 11.1 Å². The highest BCUT2D eigenvalue weighted by atomic mass is 19.1. The molecule has 1 aliphatic heterocycles. The monoisotopic (exact) mass is 374 g/mol. The molecule has 0 aliphatic carbocycles. The fourth-order valence-electron chi connectivity index (χ4n) is 3.28. The summed E-state index contributed by atoms with van der Waals surface area (Å²) in [5.41, 5.74) is 6.09. The van der Waals surface area contributed by atoms with Gasteiger partial charge in [-0.25, -0.2) is 8.78 Å². The van der Waals surface area contributed by atoms with Gasteiger partial charge in [0.15, 0.2) is 11.6 Å². The molecule has 0 saturated carbocycles. The number of benzene rings is 2. The van der Waals surface area contributed by atoms with E-state index in [1.807, 2.05) is 0 Å². The molecular formula is C20H20F2N2O3. The fraction of sp³-hybridized carbons (Fsp3) is 0.300. The molecule has 2 aromatic carbocycles. The van der Waals surface area contributed by atoms with Crippen LogP contribution >= 0.6 is 0 Å². The van der Waals surface area contributed by atoms with Crippen molar-refractivity contribution in [1.29, 1.82) is 0 Å². The van der Waals surface area contributed by atoms with Crippen LogP contribution in [0.4, 0.5) is 8.78 Å². The largest absolute Gasteiger partial charge is 0.494 e. The van der Waals surface area contributed by atoms with Crippen molar-refractivity contribution in [2.24, 2.45) is 5.73 Å². The lowest BCUT2D eigenvalue weighted by Crippen LogP contribution is -2.68. The van der Waals surface area contributed by atoms with Gasteiger partial charge in [0.2, 0.25) is 0 Å². The van der Waals surface area contributed by atoms with Crippen LogP contribution in [0, 0.1) is 11.6 Å². The summed E-state index contributed by atoms with van der Waals surface area (Å²) >= 11 is 0. The van der Waals surface area contributed by atoms with Gasteiger partial charge < -0.3 is 20.2 Å². The van der Waals surface area contributed by atoms with Gasteiger partial charge in [-0.2, -0.15) is 0 Å². The lowest BCUT2D eigenvalue weighted by Gasteiger charge is -2.47. The minimum atomic E-state index is -0.789. The number of carbonyl (C=O) groups excluding carboxylic acids is 2. The Balaban J connectivity index is 1.75. The number of amides is 1. The van der Waals surface area contributed by atoms with E-state index in [0.29, 0.717) is 37.1 Å². The van der Waals surface area contributed by atoms with E-state index in [1.54, 1.807) is 4.90 Å². The van der Waals surface area contributed by atoms with Crippen LogP contribution in [-0.2, 0) is 4.79 Å². The highest BCUT2D eigenvalue weighted by Crippen LogP contribution is 2.32. The second-order valence-electron chi connectivity index (χ2n) is 6.74. The molecule has 142 valence electrons. The van der Waals surface area contributed by atoms with E-state index in [2.05, 4.69) is 0 Å². The Kier molecular flexibility index (Phi) is 5.23. The van der Waals surface area contributed by atoms with Crippen LogP contribution in [-0.4, -0.2) is 42.8 Å². The third-order valence-corrected chi connectivity index (χ3v) is 4.75. The Morgan fingerprint density at radius 1 is 1.22 bits per heavy atom. The van der Waals surface area contributed by atoms with Gasteiger partial charge in [0.1, 0.15) is 12.1 Å². The van der Waals surface area contributed by atoms with Crippen LogP contribution < -0.4 is 10.5 Å². The minimum absolute atomic E-state index is 0.0539. The van der Waals surface area contributed by atoms with Crippen LogP contribution in [0.15, 0.2) is 36.4 Å². The van der Waals surface area contributed by atoms with Gasteiger partial charge in [-0.05, 0) is 36.2 Å². The number of carbonyl (C=O) groups is 2. The summed E-state index contributed by atoms with van der Waals surface area (Å²) < 4.78 is 33.3. The zero-order chi connectivity index (χ0) is 19.6. The molecule has 0 aromatic heterocycles.